The van der Waals surface area contributed by atoms with Gasteiger partial charge in [-0.15, -0.1) is 0 Å². The molecule has 0 aliphatic rings. The van der Waals surface area contributed by atoms with Gasteiger partial charge in [0.2, 0.25) is 0 Å². The molecule has 0 aliphatic carbocycles. The molecule has 0 radical (unpaired) electrons. The summed E-state index contributed by atoms with van der Waals surface area (Å²) in [6, 6.07) is 2.61. The fraction of sp³-hybridized carbons (Fsp3) is 0.455. The van der Waals surface area contributed by atoms with Crippen LogP contribution in [0, 0.1) is 11.6 Å². The topological polar surface area (TPSA) is 20.2 Å². The molecule has 90 valence electrons. The molecule has 1 aromatic carbocycles. The Bertz CT molecular complexity index is 360. The number of aliphatic hydroxyl groups is 1. The van der Waals surface area contributed by atoms with E-state index in [1.165, 1.54) is 23.9 Å². The summed E-state index contributed by atoms with van der Waals surface area (Å²) in [4.78, 5) is 0. The van der Waals surface area contributed by atoms with Crippen molar-refractivity contribution in [3.05, 3.63) is 33.8 Å². The molecule has 0 aromatic heterocycles. The first-order chi connectivity index (χ1) is 7.56. The standard InChI is InChI=1S/C11H13BrF2OS/c1-7(4-5-15)16-6-8-10(13)3-2-9(12)11(8)14/h2-3,7,15H,4-6H2,1H3. The van der Waals surface area contributed by atoms with E-state index in [-0.39, 0.29) is 27.6 Å². The molecule has 5 heteroatoms. The van der Waals surface area contributed by atoms with Crippen molar-refractivity contribution in [1.82, 2.24) is 0 Å². The second-order valence-electron chi connectivity index (χ2n) is 3.46. The van der Waals surface area contributed by atoms with Crippen molar-refractivity contribution in [3.63, 3.8) is 0 Å². The van der Waals surface area contributed by atoms with Gasteiger partial charge in [0.25, 0.3) is 0 Å². The minimum atomic E-state index is -0.538. The van der Waals surface area contributed by atoms with Gasteiger partial charge in [0.1, 0.15) is 11.6 Å². The fourth-order valence-corrected chi connectivity index (χ4v) is 2.55. The Balaban J connectivity index is 2.70. The molecule has 1 unspecified atom stereocenters. The monoisotopic (exact) mass is 310 g/mol. The fourth-order valence-electron chi connectivity index (χ4n) is 1.19. The second-order valence-corrected chi connectivity index (χ2v) is 5.74. The van der Waals surface area contributed by atoms with Crippen LogP contribution in [0.5, 0.6) is 0 Å². The lowest BCUT2D eigenvalue weighted by Crippen LogP contribution is -2.02. The molecule has 0 saturated carbocycles. The number of halogens is 3. The predicted octanol–water partition coefficient (Wildman–Crippen LogP) is 3.73. The summed E-state index contributed by atoms with van der Waals surface area (Å²) in [5.74, 6) is -0.786. The summed E-state index contributed by atoms with van der Waals surface area (Å²) in [5, 5.41) is 8.90. The van der Waals surface area contributed by atoms with Crippen molar-refractivity contribution in [3.8, 4) is 0 Å². The lowest BCUT2D eigenvalue weighted by Gasteiger charge is -2.11. The van der Waals surface area contributed by atoms with Gasteiger partial charge in [-0.3, -0.25) is 0 Å². The number of rotatable bonds is 5. The van der Waals surface area contributed by atoms with E-state index in [0.717, 1.165) is 0 Å². The Morgan fingerprint density at radius 1 is 1.44 bits per heavy atom. The SMILES string of the molecule is CC(CCO)SCc1c(F)ccc(Br)c1F. The zero-order chi connectivity index (χ0) is 12.1. The first kappa shape index (κ1) is 13.9. The predicted molar refractivity (Wildman–Crippen MR) is 66.5 cm³/mol. The van der Waals surface area contributed by atoms with Gasteiger partial charge in [0, 0.05) is 23.2 Å². The molecule has 1 atom stereocenters. The highest BCUT2D eigenvalue weighted by atomic mass is 79.9. The molecular weight excluding hydrogens is 298 g/mol. The minimum absolute atomic E-state index is 0.0872. The molecule has 0 fully saturated rings. The molecule has 0 heterocycles. The zero-order valence-electron chi connectivity index (χ0n) is 8.84. The van der Waals surface area contributed by atoms with Gasteiger partial charge < -0.3 is 5.11 Å². The van der Waals surface area contributed by atoms with E-state index in [1.54, 1.807) is 0 Å². The third-order valence-electron chi connectivity index (χ3n) is 2.19. The maximum atomic E-state index is 13.5. The highest BCUT2D eigenvalue weighted by Crippen LogP contribution is 2.27. The molecule has 1 aromatic rings. The summed E-state index contributed by atoms with van der Waals surface area (Å²) in [6.07, 6.45) is 0.627. The number of aliphatic hydroxyl groups excluding tert-OH is 1. The summed E-state index contributed by atoms with van der Waals surface area (Å²) >= 11 is 4.46. The van der Waals surface area contributed by atoms with Crippen molar-refractivity contribution < 1.29 is 13.9 Å². The molecular formula is C11H13BrF2OS. The quantitative estimate of drug-likeness (QED) is 0.836. The van der Waals surface area contributed by atoms with Crippen LogP contribution in [-0.4, -0.2) is 17.0 Å². The van der Waals surface area contributed by atoms with E-state index >= 15 is 0 Å². The van der Waals surface area contributed by atoms with E-state index in [9.17, 15) is 8.78 Å². The first-order valence-electron chi connectivity index (χ1n) is 4.91. The van der Waals surface area contributed by atoms with Crippen LogP contribution >= 0.6 is 27.7 Å². The number of hydrogen-bond donors (Lipinski definition) is 1. The average Bonchev–Trinajstić information content (AvgIpc) is 2.24. The van der Waals surface area contributed by atoms with Crippen LogP contribution in [0.2, 0.25) is 0 Å². The lowest BCUT2D eigenvalue weighted by molar-refractivity contribution is 0.289. The molecule has 0 bridgehead atoms. The molecule has 1 nitrogen and oxygen atoms in total. The van der Waals surface area contributed by atoms with Crippen molar-refractivity contribution >= 4 is 27.7 Å². The maximum Gasteiger partial charge on any atom is 0.144 e. The van der Waals surface area contributed by atoms with E-state index in [0.29, 0.717) is 6.42 Å². The van der Waals surface area contributed by atoms with Crippen LogP contribution in [0.1, 0.15) is 18.9 Å². The van der Waals surface area contributed by atoms with Crippen molar-refractivity contribution in [2.75, 3.05) is 6.61 Å². The van der Waals surface area contributed by atoms with Gasteiger partial charge in [0.05, 0.1) is 4.47 Å². The van der Waals surface area contributed by atoms with Crippen molar-refractivity contribution in [2.45, 2.75) is 24.3 Å². The highest BCUT2D eigenvalue weighted by molar-refractivity contribution is 9.10. The smallest absolute Gasteiger partial charge is 0.144 e. The van der Waals surface area contributed by atoms with E-state index in [4.69, 9.17) is 5.11 Å². The normalized spacial score (nSPS) is 12.8. The van der Waals surface area contributed by atoms with E-state index < -0.39 is 11.6 Å². The van der Waals surface area contributed by atoms with Crippen LogP contribution in [0.25, 0.3) is 0 Å². The number of thioether (sulfide) groups is 1. The Hall–Kier alpha value is -0.130. The van der Waals surface area contributed by atoms with Crippen LogP contribution in [0.3, 0.4) is 0 Å². The van der Waals surface area contributed by atoms with Crippen LogP contribution in [-0.2, 0) is 5.75 Å². The van der Waals surface area contributed by atoms with E-state index in [1.807, 2.05) is 6.92 Å². The molecule has 0 aliphatic heterocycles. The number of benzene rings is 1. The largest absolute Gasteiger partial charge is 0.396 e. The van der Waals surface area contributed by atoms with Gasteiger partial charge in [-0.1, -0.05) is 6.92 Å². The summed E-state index contributed by atoms with van der Waals surface area (Å²) in [5.41, 5.74) is 0.0872. The summed E-state index contributed by atoms with van der Waals surface area (Å²) in [6.45, 7) is 2.02. The molecule has 1 rings (SSSR count). The molecule has 0 amide bonds. The van der Waals surface area contributed by atoms with Gasteiger partial charge in [0.15, 0.2) is 0 Å². The maximum absolute atomic E-state index is 13.5. The van der Waals surface area contributed by atoms with Gasteiger partial charge in [-0.05, 0) is 34.5 Å². The molecule has 0 saturated heterocycles. The Labute approximate surface area is 106 Å². The third kappa shape index (κ3) is 3.71. The van der Waals surface area contributed by atoms with Crippen molar-refractivity contribution in [2.24, 2.45) is 0 Å². The molecule has 1 N–H and O–H groups in total. The number of hydrogen-bond acceptors (Lipinski definition) is 2. The average molecular weight is 311 g/mol. The summed E-state index contributed by atoms with van der Waals surface area (Å²) in [7, 11) is 0. The Morgan fingerprint density at radius 2 is 2.12 bits per heavy atom. The lowest BCUT2D eigenvalue weighted by atomic mass is 10.2. The summed E-state index contributed by atoms with van der Waals surface area (Å²) < 4.78 is 27.2. The zero-order valence-corrected chi connectivity index (χ0v) is 11.2. The van der Waals surface area contributed by atoms with Crippen LogP contribution < -0.4 is 0 Å². The molecule has 0 spiro atoms. The first-order valence-corrected chi connectivity index (χ1v) is 6.75. The Kier molecular flexibility index (Phi) is 5.72. The molecule has 16 heavy (non-hydrogen) atoms. The van der Waals surface area contributed by atoms with Gasteiger partial charge in [-0.25, -0.2) is 8.78 Å². The third-order valence-corrected chi connectivity index (χ3v) is 4.06. The van der Waals surface area contributed by atoms with Gasteiger partial charge in [-0.2, -0.15) is 11.8 Å². The Morgan fingerprint density at radius 3 is 2.75 bits per heavy atom. The van der Waals surface area contributed by atoms with Crippen LogP contribution in [0.15, 0.2) is 16.6 Å². The second kappa shape index (κ2) is 6.57. The van der Waals surface area contributed by atoms with Crippen LogP contribution in [0.4, 0.5) is 8.78 Å². The van der Waals surface area contributed by atoms with Crippen molar-refractivity contribution in [1.29, 1.82) is 0 Å². The highest BCUT2D eigenvalue weighted by Gasteiger charge is 2.13. The minimum Gasteiger partial charge on any atom is -0.396 e. The van der Waals surface area contributed by atoms with Gasteiger partial charge >= 0.3 is 0 Å². The van der Waals surface area contributed by atoms with E-state index in [2.05, 4.69) is 15.9 Å².